The van der Waals surface area contributed by atoms with E-state index in [1.807, 2.05) is 5.92 Å². The second-order valence-corrected chi connectivity index (χ2v) is 2.42. The van der Waals surface area contributed by atoms with Gasteiger partial charge in [0.05, 0.1) is 12.7 Å². The number of rotatable bonds is 2. The van der Waals surface area contributed by atoms with Crippen molar-refractivity contribution in [3.05, 3.63) is 29.6 Å². The first-order chi connectivity index (χ1) is 6.20. The molecule has 1 rings (SSSR count). The third-order valence-electron chi connectivity index (χ3n) is 1.66. The predicted octanol–water partition coefficient (Wildman–Crippen LogP) is 1.50. The van der Waals surface area contributed by atoms with Crippen LogP contribution in [0.3, 0.4) is 0 Å². The van der Waals surface area contributed by atoms with Crippen LogP contribution in [0.4, 0.5) is 4.39 Å². The summed E-state index contributed by atoms with van der Waals surface area (Å²) in [6.45, 7) is 0. The molecular weight excluding hydrogens is 171 g/mol. The molecule has 68 valence electrons. The Morgan fingerprint density at radius 2 is 2.31 bits per heavy atom. The van der Waals surface area contributed by atoms with Crippen LogP contribution in [0.15, 0.2) is 18.2 Å². The van der Waals surface area contributed by atoms with Gasteiger partial charge in [0.25, 0.3) is 0 Å². The Labute approximate surface area is 76.0 Å². The number of halogens is 1. The van der Waals surface area contributed by atoms with Crippen molar-refractivity contribution in [3.63, 3.8) is 0 Å². The Bertz CT molecular complexity index is 341. The maximum absolute atomic E-state index is 13.1. The summed E-state index contributed by atoms with van der Waals surface area (Å²) in [5.41, 5.74) is 0.00694. The molecule has 0 aliphatic carbocycles. The van der Waals surface area contributed by atoms with Gasteiger partial charge >= 0.3 is 0 Å². The Morgan fingerprint density at radius 3 is 2.85 bits per heavy atom. The first kappa shape index (κ1) is 9.56. The fourth-order valence-corrected chi connectivity index (χ4v) is 1.04. The summed E-state index contributed by atoms with van der Waals surface area (Å²) in [4.78, 5) is 0. The zero-order valence-electron chi connectivity index (χ0n) is 7.12. The summed E-state index contributed by atoms with van der Waals surface area (Å²) >= 11 is 0. The smallest absolute Gasteiger partial charge is 0.146 e. The highest BCUT2D eigenvalue weighted by molar-refractivity contribution is 5.39. The number of hydrogen-bond donors (Lipinski definition) is 1. The van der Waals surface area contributed by atoms with E-state index >= 15 is 0 Å². The molecule has 1 N–H and O–H groups in total. The van der Waals surface area contributed by atoms with Crippen LogP contribution in [0.5, 0.6) is 5.75 Å². The highest BCUT2D eigenvalue weighted by Gasteiger charge is 2.15. The Morgan fingerprint density at radius 1 is 1.62 bits per heavy atom. The van der Waals surface area contributed by atoms with Crippen molar-refractivity contribution >= 4 is 0 Å². The predicted molar refractivity (Wildman–Crippen MR) is 46.7 cm³/mol. The molecule has 0 heterocycles. The van der Waals surface area contributed by atoms with Crippen LogP contribution in [0.2, 0.25) is 0 Å². The minimum atomic E-state index is -1.27. The van der Waals surface area contributed by atoms with Crippen LogP contribution in [0, 0.1) is 18.2 Å². The molecule has 1 aromatic carbocycles. The van der Waals surface area contributed by atoms with Gasteiger partial charge in [-0.05, 0) is 12.1 Å². The van der Waals surface area contributed by atoms with Gasteiger partial charge in [-0.2, -0.15) is 0 Å². The number of hydrogen-bond acceptors (Lipinski definition) is 2. The summed E-state index contributed by atoms with van der Waals surface area (Å²) < 4.78 is 18.0. The lowest BCUT2D eigenvalue weighted by Crippen LogP contribution is -2.01. The molecule has 2 nitrogen and oxygen atoms in total. The number of benzene rings is 1. The Balaban J connectivity index is 3.24. The summed E-state index contributed by atoms with van der Waals surface area (Å²) in [5, 5.41) is 9.27. The van der Waals surface area contributed by atoms with Crippen LogP contribution in [0.1, 0.15) is 11.7 Å². The minimum absolute atomic E-state index is 0.00694. The largest absolute Gasteiger partial charge is 0.496 e. The molecule has 1 unspecified atom stereocenters. The van der Waals surface area contributed by atoms with Crippen molar-refractivity contribution in [1.29, 1.82) is 0 Å². The number of terminal acetylenes is 1. The lowest BCUT2D eigenvalue weighted by Gasteiger charge is -2.10. The standard InChI is InChI=1S/C10H9FO2/c1-3-8(12)10-7(11)5-4-6-9(10)13-2/h1,4-6,8,12H,2H3. The second kappa shape index (κ2) is 3.92. The van der Waals surface area contributed by atoms with Gasteiger partial charge in [0, 0.05) is 0 Å². The summed E-state index contributed by atoms with van der Waals surface area (Å²) in [7, 11) is 1.39. The SMILES string of the molecule is C#CC(O)c1c(F)cccc1OC. The Kier molecular flexibility index (Phi) is 2.88. The van der Waals surface area contributed by atoms with Crippen molar-refractivity contribution < 1.29 is 14.2 Å². The van der Waals surface area contributed by atoms with Crippen molar-refractivity contribution in [3.8, 4) is 18.1 Å². The van der Waals surface area contributed by atoms with E-state index < -0.39 is 11.9 Å². The summed E-state index contributed by atoms with van der Waals surface area (Å²) in [6.07, 6.45) is 3.71. The first-order valence-corrected chi connectivity index (χ1v) is 3.67. The van der Waals surface area contributed by atoms with Crippen LogP contribution in [0.25, 0.3) is 0 Å². The second-order valence-electron chi connectivity index (χ2n) is 2.42. The van der Waals surface area contributed by atoms with E-state index in [0.717, 1.165) is 0 Å². The quantitative estimate of drug-likeness (QED) is 0.699. The highest BCUT2D eigenvalue weighted by atomic mass is 19.1. The monoisotopic (exact) mass is 180 g/mol. The normalized spacial score (nSPS) is 11.8. The third kappa shape index (κ3) is 1.79. The summed E-state index contributed by atoms with van der Waals surface area (Å²) in [6, 6.07) is 4.25. The molecule has 0 aliphatic heterocycles. The first-order valence-electron chi connectivity index (χ1n) is 3.67. The van der Waals surface area contributed by atoms with E-state index in [4.69, 9.17) is 11.2 Å². The van der Waals surface area contributed by atoms with Gasteiger partial charge in [-0.1, -0.05) is 12.0 Å². The number of aliphatic hydroxyl groups is 1. The molecule has 0 aromatic heterocycles. The summed E-state index contributed by atoms with van der Waals surface area (Å²) in [5.74, 6) is 1.72. The van der Waals surface area contributed by atoms with Crippen molar-refractivity contribution in [2.24, 2.45) is 0 Å². The van der Waals surface area contributed by atoms with Crippen LogP contribution < -0.4 is 4.74 Å². The molecule has 0 spiro atoms. The molecule has 0 aliphatic rings. The van der Waals surface area contributed by atoms with Crippen molar-refractivity contribution in [2.75, 3.05) is 7.11 Å². The zero-order valence-corrected chi connectivity index (χ0v) is 7.12. The third-order valence-corrected chi connectivity index (χ3v) is 1.66. The number of ether oxygens (including phenoxy) is 1. The van der Waals surface area contributed by atoms with Crippen LogP contribution in [-0.2, 0) is 0 Å². The van der Waals surface area contributed by atoms with E-state index in [1.165, 1.54) is 19.2 Å². The molecule has 0 bridgehead atoms. The lowest BCUT2D eigenvalue weighted by atomic mass is 10.1. The van der Waals surface area contributed by atoms with Gasteiger partial charge in [-0.15, -0.1) is 6.42 Å². The van der Waals surface area contributed by atoms with Crippen LogP contribution >= 0.6 is 0 Å². The van der Waals surface area contributed by atoms with E-state index in [0.29, 0.717) is 0 Å². The van der Waals surface area contributed by atoms with Gasteiger partial charge in [0.15, 0.2) is 0 Å². The fraction of sp³-hybridized carbons (Fsp3) is 0.200. The Hall–Kier alpha value is -1.53. The van der Waals surface area contributed by atoms with Crippen LogP contribution in [-0.4, -0.2) is 12.2 Å². The fourth-order valence-electron chi connectivity index (χ4n) is 1.04. The molecule has 3 heteroatoms. The molecule has 0 saturated carbocycles. The van der Waals surface area contributed by atoms with Gasteiger partial charge in [-0.3, -0.25) is 0 Å². The van der Waals surface area contributed by atoms with E-state index in [9.17, 15) is 9.50 Å². The van der Waals surface area contributed by atoms with Gasteiger partial charge in [-0.25, -0.2) is 4.39 Å². The molecular formula is C10H9FO2. The molecule has 0 saturated heterocycles. The average molecular weight is 180 g/mol. The van der Waals surface area contributed by atoms with E-state index in [2.05, 4.69) is 0 Å². The molecule has 0 fully saturated rings. The number of methoxy groups -OCH3 is 1. The topological polar surface area (TPSA) is 29.5 Å². The molecule has 0 radical (unpaired) electrons. The maximum Gasteiger partial charge on any atom is 0.146 e. The average Bonchev–Trinajstić information content (AvgIpc) is 2.16. The molecule has 13 heavy (non-hydrogen) atoms. The molecule has 1 aromatic rings. The van der Waals surface area contributed by atoms with Crippen molar-refractivity contribution in [2.45, 2.75) is 6.10 Å². The molecule has 0 amide bonds. The van der Waals surface area contributed by atoms with E-state index in [-0.39, 0.29) is 11.3 Å². The molecule has 1 atom stereocenters. The van der Waals surface area contributed by atoms with E-state index in [1.54, 1.807) is 6.07 Å². The maximum atomic E-state index is 13.1. The highest BCUT2D eigenvalue weighted by Crippen LogP contribution is 2.26. The minimum Gasteiger partial charge on any atom is -0.496 e. The lowest BCUT2D eigenvalue weighted by molar-refractivity contribution is 0.226. The van der Waals surface area contributed by atoms with Crippen molar-refractivity contribution in [1.82, 2.24) is 0 Å². The van der Waals surface area contributed by atoms with Gasteiger partial charge in [0.2, 0.25) is 0 Å². The van der Waals surface area contributed by atoms with Gasteiger partial charge in [0.1, 0.15) is 17.7 Å². The zero-order chi connectivity index (χ0) is 9.84. The number of aliphatic hydroxyl groups excluding tert-OH is 1. The van der Waals surface area contributed by atoms with Gasteiger partial charge < -0.3 is 9.84 Å².